The lowest BCUT2D eigenvalue weighted by Crippen LogP contribution is -2.19. The van der Waals surface area contributed by atoms with Crippen LogP contribution in [0.2, 0.25) is 5.02 Å². The predicted octanol–water partition coefficient (Wildman–Crippen LogP) is 3.64. The van der Waals surface area contributed by atoms with E-state index in [0.29, 0.717) is 0 Å². The van der Waals surface area contributed by atoms with Crippen LogP contribution >= 0.6 is 11.6 Å². The second-order valence-corrected chi connectivity index (χ2v) is 5.15. The van der Waals surface area contributed by atoms with Gasteiger partial charge in [0.1, 0.15) is 11.3 Å². The highest BCUT2D eigenvalue weighted by Crippen LogP contribution is 2.36. The second kappa shape index (κ2) is 4.04. The molecule has 0 saturated carbocycles. The van der Waals surface area contributed by atoms with Crippen molar-refractivity contribution < 1.29 is 4.42 Å². The van der Waals surface area contributed by atoms with Gasteiger partial charge in [-0.05, 0) is 31.2 Å². The second-order valence-electron chi connectivity index (χ2n) is 4.74. The third kappa shape index (κ3) is 1.67. The zero-order chi connectivity index (χ0) is 12.0. The van der Waals surface area contributed by atoms with Crippen molar-refractivity contribution in [1.82, 2.24) is 4.90 Å². The Morgan fingerprint density at radius 3 is 2.94 bits per heavy atom. The highest BCUT2D eigenvalue weighted by atomic mass is 35.5. The number of benzene rings is 1. The molecule has 3 heteroatoms. The van der Waals surface area contributed by atoms with Crippen molar-refractivity contribution in [3.05, 3.63) is 34.0 Å². The topological polar surface area (TPSA) is 16.4 Å². The Balaban J connectivity index is 2.35. The van der Waals surface area contributed by atoms with E-state index in [9.17, 15) is 0 Å². The van der Waals surface area contributed by atoms with Crippen LogP contribution in [0.3, 0.4) is 0 Å². The molecule has 2 nitrogen and oxygen atoms in total. The highest BCUT2D eigenvalue weighted by Gasteiger charge is 2.22. The van der Waals surface area contributed by atoms with Crippen LogP contribution in [0.15, 0.2) is 16.5 Å². The first-order valence-corrected chi connectivity index (χ1v) is 6.48. The molecule has 0 fully saturated rings. The Hall–Kier alpha value is -0.990. The summed E-state index contributed by atoms with van der Waals surface area (Å²) in [5.41, 5.74) is 3.58. The van der Waals surface area contributed by atoms with E-state index in [4.69, 9.17) is 16.0 Å². The Morgan fingerprint density at radius 2 is 2.18 bits per heavy atom. The highest BCUT2D eigenvalue weighted by molar-refractivity contribution is 6.32. The van der Waals surface area contributed by atoms with Gasteiger partial charge in [0.05, 0.1) is 0 Å². The fraction of sp³-hybridized carbons (Fsp3) is 0.429. The summed E-state index contributed by atoms with van der Waals surface area (Å²) >= 11 is 6.32. The quantitative estimate of drug-likeness (QED) is 0.767. The van der Waals surface area contributed by atoms with Crippen LogP contribution in [-0.4, -0.2) is 18.5 Å². The summed E-state index contributed by atoms with van der Waals surface area (Å²) in [5.74, 6) is 1.11. The van der Waals surface area contributed by atoms with Gasteiger partial charge in [-0.3, -0.25) is 0 Å². The molecule has 0 N–H and O–H groups in total. The molecule has 2 aromatic rings. The lowest BCUT2D eigenvalue weighted by atomic mass is 10.0. The number of nitrogens with zero attached hydrogens (tertiary/aromatic N) is 1. The van der Waals surface area contributed by atoms with E-state index in [-0.39, 0.29) is 0 Å². The van der Waals surface area contributed by atoms with E-state index in [1.54, 1.807) is 0 Å². The average molecular weight is 250 g/mol. The zero-order valence-corrected chi connectivity index (χ0v) is 11.0. The van der Waals surface area contributed by atoms with E-state index < -0.39 is 0 Å². The summed E-state index contributed by atoms with van der Waals surface area (Å²) in [5, 5.41) is 2.14. The monoisotopic (exact) mass is 249 g/mol. The molecule has 0 atom stereocenters. The molecule has 3 rings (SSSR count). The lowest BCUT2D eigenvalue weighted by molar-refractivity contribution is 0.332. The number of likely N-dealkylation sites (N-methyl/N-ethyl adjacent to an activating group) is 1. The maximum Gasteiger partial charge on any atom is 0.135 e. The smallest absolute Gasteiger partial charge is 0.135 e. The van der Waals surface area contributed by atoms with Crippen LogP contribution in [0, 0.1) is 0 Å². The molecule has 0 unspecified atom stereocenters. The first-order valence-electron chi connectivity index (χ1n) is 6.11. The number of furan rings is 1. The van der Waals surface area contributed by atoms with Gasteiger partial charge in [-0.2, -0.15) is 0 Å². The Morgan fingerprint density at radius 1 is 1.35 bits per heavy atom. The van der Waals surface area contributed by atoms with Crippen LogP contribution < -0.4 is 0 Å². The van der Waals surface area contributed by atoms with Crippen molar-refractivity contribution in [1.29, 1.82) is 0 Å². The Labute approximate surface area is 106 Å². The molecule has 1 aliphatic rings. The Kier molecular flexibility index (Phi) is 2.64. The first kappa shape index (κ1) is 11.1. The van der Waals surface area contributed by atoms with Crippen LogP contribution in [0.25, 0.3) is 11.0 Å². The molecule has 2 heterocycles. The van der Waals surface area contributed by atoms with Gasteiger partial charge in [-0.25, -0.2) is 0 Å². The van der Waals surface area contributed by atoms with Crippen LogP contribution in [-0.2, 0) is 19.4 Å². The molecule has 0 saturated heterocycles. The minimum absolute atomic E-state index is 0.873. The van der Waals surface area contributed by atoms with E-state index in [0.717, 1.165) is 42.3 Å². The molecule has 17 heavy (non-hydrogen) atoms. The Bertz CT molecular complexity index is 573. The summed E-state index contributed by atoms with van der Waals surface area (Å²) in [6.45, 7) is 4.15. The molecule has 1 aromatic heterocycles. The van der Waals surface area contributed by atoms with Gasteiger partial charge in [-0.1, -0.05) is 18.5 Å². The largest absolute Gasteiger partial charge is 0.461 e. The molecule has 1 aromatic carbocycles. The molecule has 90 valence electrons. The van der Waals surface area contributed by atoms with Gasteiger partial charge in [-0.15, -0.1) is 0 Å². The molecular formula is C14H16ClNO. The minimum atomic E-state index is 0.873. The fourth-order valence-electron chi connectivity index (χ4n) is 2.70. The normalized spacial score (nSPS) is 16.4. The summed E-state index contributed by atoms with van der Waals surface area (Å²) in [6.07, 6.45) is 1.94. The molecule has 0 aliphatic carbocycles. The number of halogens is 1. The number of hydrogen-bond donors (Lipinski definition) is 0. The number of hydrogen-bond acceptors (Lipinski definition) is 2. The minimum Gasteiger partial charge on any atom is -0.461 e. The average Bonchev–Trinajstić information content (AvgIpc) is 2.56. The number of rotatable bonds is 1. The van der Waals surface area contributed by atoms with Gasteiger partial charge in [0.25, 0.3) is 0 Å². The SMILES string of the molecule is CCc1oc2ccc(Cl)c3c2c1CN(C)CC3. The number of aryl methyl sites for hydroxylation is 1. The standard InChI is InChI=1S/C14H16ClNO/c1-3-12-10-8-16(2)7-6-9-11(15)4-5-13(17-12)14(9)10/h4-5H,3,6-8H2,1-2H3. The molecule has 0 amide bonds. The van der Waals surface area contributed by atoms with Crippen molar-refractivity contribution in [2.24, 2.45) is 0 Å². The third-order valence-electron chi connectivity index (χ3n) is 3.58. The van der Waals surface area contributed by atoms with Gasteiger partial charge >= 0.3 is 0 Å². The third-order valence-corrected chi connectivity index (χ3v) is 3.94. The van der Waals surface area contributed by atoms with Gasteiger partial charge in [0, 0.05) is 35.5 Å². The molecule has 0 spiro atoms. The first-order chi connectivity index (χ1) is 8.20. The summed E-state index contributed by atoms with van der Waals surface area (Å²) in [7, 11) is 2.15. The van der Waals surface area contributed by atoms with Gasteiger partial charge < -0.3 is 9.32 Å². The molecule has 1 aliphatic heterocycles. The fourth-order valence-corrected chi connectivity index (χ4v) is 2.95. The van der Waals surface area contributed by atoms with Crippen LogP contribution in [0.4, 0.5) is 0 Å². The predicted molar refractivity (Wildman–Crippen MR) is 70.6 cm³/mol. The van der Waals surface area contributed by atoms with Crippen molar-refractivity contribution >= 4 is 22.6 Å². The van der Waals surface area contributed by atoms with E-state index in [2.05, 4.69) is 18.9 Å². The molecule has 0 radical (unpaired) electrons. The van der Waals surface area contributed by atoms with E-state index in [1.165, 1.54) is 16.5 Å². The van der Waals surface area contributed by atoms with Crippen molar-refractivity contribution in [3.8, 4) is 0 Å². The van der Waals surface area contributed by atoms with E-state index in [1.807, 2.05) is 12.1 Å². The van der Waals surface area contributed by atoms with Crippen molar-refractivity contribution in [3.63, 3.8) is 0 Å². The van der Waals surface area contributed by atoms with Crippen molar-refractivity contribution in [2.45, 2.75) is 26.3 Å². The van der Waals surface area contributed by atoms with Crippen molar-refractivity contribution in [2.75, 3.05) is 13.6 Å². The summed E-state index contributed by atoms with van der Waals surface area (Å²) in [4.78, 5) is 2.33. The molecular weight excluding hydrogens is 234 g/mol. The van der Waals surface area contributed by atoms with Gasteiger partial charge in [0.15, 0.2) is 0 Å². The summed E-state index contributed by atoms with van der Waals surface area (Å²) < 4.78 is 5.93. The summed E-state index contributed by atoms with van der Waals surface area (Å²) in [6, 6.07) is 3.95. The van der Waals surface area contributed by atoms with E-state index >= 15 is 0 Å². The lowest BCUT2D eigenvalue weighted by Gasteiger charge is -2.13. The maximum atomic E-state index is 6.32. The molecule has 0 bridgehead atoms. The zero-order valence-electron chi connectivity index (χ0n) is 10.2. The van der Waals surface area contributed by atoms with Gasteiger partial charge in [0.2, 0.25) is 0 Å². The van der Waals surface area contributed by atoms with Crippen LogP contribution in [0.1, 0.15) is 23.8 Å². The van der Waals surface area contributed by atoms with Crippen LogP contribution in [0.5, 0.6) is 0 Å². The maximum absolute atomic E-state index is 6.32.